The molecule has 2 aromatic heterocycles. The van der Waals surface area contributed by atoms with Gasteiger partial charge in [-0.05, 0) is 26.0 Å². The first-order chi connectivity index (χ1) is 14.7. The zero-order valence-corrected chi connectivity index (χ0v) is 16.5. The Morgan fingerprint density at radius 2 is 1.84 bits per heavy atom. The number of halogens is 4. The van der Waals surface area contributed by atoms with Gasteiger partial charge < -0.3 is 9.64 Å². The second kappa shape index (κ2) is 9.06. The molecule has 0 spiro atoms. The first kappa shape index (κ1) is 22.1. The summed E-state index contributed by atoms with van der Waals surface area (Å²) in [7, 11) is 0. The van der Waals surface area contributed by atoms with Crippen molar-refractivity contribution in [2.45, 2.75) is 26.1 Å². The van der Waals surface area contributed by atoms with Gasteiger partial charge in [-0.1, -0.05) is 6.07 Å². The normalized spacial score (nSPS) is 12.5. The highest BCUT2D eigenvalue weighted by Gasteiger charge is 2.31. The fraction of sp³-hybridized carbons (Fsp3) is 0.316. The molecule has 0 saturated carbocycles. The highest BCUT2D eigenvalue weighted by atomic mass is 19.4. The summed E-state index contributed by atoms with van der Waals surface area (Å²) in [6, 6.07) is 3.28. The van der Waals surface area contributed by atoms with Crippen molar-refractivity contribution < 1.29 is 27.1 Å². The Kier molecular flexibility index (Phi) is 6.47. The van der Waals surface area contributed by atoms with Gasteiger partial charge in [0.1, 0.15) is 12.3 Å². The van der Waals surface area contributed by atoms with Crippen LogP contribution in [0.4, 0.5) is 17.6 Å². The first-order valence-electron chi connectivity index (χ1n) is 9.20. The molecule has 8 nitrogen and oxygen atoms in total. The van der Waals surface area contributed by atoms with Crippen LogP contribution in [0.5, 0.6) is 6.01 Å². The number of benzene rings is 1. The molecule has 1 aromatic carbocycles. The van der Waals surface area contributed by atoms with E-state index in [2.05, 4.69) is 20.2 Å². The van der Waals surface area contributed by atoms with Gasteiger partial charge in [-0.2, -0.15) is 23.4 Å². The van der Waals surface area contributed by atoms with Gasteiger partial charge in [-0.3, -0.25) is 4.79 Å². The van der Waals surface area contributed by atoms with Gasteiger partial charge in [0.2, 0.25) is 0 Å². The van der Waals surface area contributed by atoms with E-state index in [1.807, 2.05) is 0 Å². The molecule has 0 bridgehead atoms. The summed E-state index contributed by atoms with van der Waals surface area (Å²) in [4.78, 5) is 22.7. The molecule has 164 valence electrons. The zero-order valence-electron chi connectivity index (χ0n) is 16.5. The monoisotopic (exact) mass is 438 g/mol. The number of nitrogens with zero attached hydrogens (tertiary/aromatic N) is 6. The molecule has 1 atom stereocenters. The van der Waals surface area contributed by atoms with Gasteiger partial charge >= 0.3 is 12.2 Å². The molecule has 0 N–H and O–H groups in total. The summed E-state index contributed by atoms with van der Waals surface area (Å²) in [6.45, 7) is 3.58. The van der Waals surface area contributed by atoms with Crippen molar-refractivity contribution in [2.24, 2.45) is 0 Å². The quantitative estimate of drug-likeness (QED) is 0.527. The maximum absolute atomic E-state index is 14.4. The van der Waals surface area contributed by atoms with E-state index in [0.29, 0.717) is 12.4 Å². The molecule has 2 heterocycles. The van der Waals surface area contributed by atoms with E-state index in [9.17, 15) is 22.4 Å². The summed E-state index contributed by atoms with van der Waals surface area (Å²) in [5, 5.41) is 7.79. The molecular weight excluding hydrogens is 420 g/mol. The minimum absolute atomic E-state index is 0.0516. The first-order valence-corrected chi connectivity index (χ1v) is 9.20. The number of ether oxygens (including phenoxy) is 1. The van der Waals surface area contributed by atoms with Crippen molar-refractivity contribution in [3.63, 3.8) is 0 Å². The van der Waals surface area contributed by atoms with Crippen molar-refractivity contribution in [3.05, 3.63) is 59.9 Å². The molecular formula is C19H18F4N6O2. The lowest BCUT2D eigenvalue weighted by atomic mass is 10.1. The minimum Gasteiger partial charge on any atom is -0.461 e. The van der Waals surface area contributed by atoms with Crippen LogP contribution in [0.3, 0.4) is 0 Å². The number of hydrogen-bond donors (Lipinski definition) is 0. The Hall–Kier alpha value is -3.57. The predicted octanol–water partition coefficient (Wildman–Crippen LogP) is 3.14. The molecule has 1 unspecified atom stereocenters. The van der Waals surface area contributed by atoms with Crippen molar-refractivity contribution in [1.82, 2.24) is 29.9 Å². The number of amides is 1. The average Bonchev–Trinajstić information content (AvgIpc) is 3.26. The van der Waals surface area contributed by atoms with Gasteiger partial charge in [0.15, 0.2) is 5.82 Å². The van der Waals surface area contributed by atoms with E-state index in [4.69, 9.17) is 4.74 Å². The average molecular weight is 438 g/mol. The highest BCUT2D eigenvalue weighted by molar-refractivity contribution is 5.98. The van der Waals surface area contributed by atoms with Crippen LogP contribution in [0.2, 0.25) is 0 Å². The van der Waals surface area contributed by atoms with E-state index >= 15 is 0 Å². The molecule has 0 saturated heterocycles. The lowest BCUT2D eigenvalue weighted by Gasteiger charge is -2.28. The van der Waals surface area contributed by atoms with E-state index in [0.717, 1.165) is 4.80 Å². The molecule has 0 fully saturated rings. The topological polar surface area (TPSA) is 86.0 Å². The van der Waals surface area contributed by atoms with Crippen LogP contribution >= 0.6 is 0 Å². The van der Waals surface area contributed by atoms with Gasteiger partial charge in [0, 0.05) is 18.9 Å². The van der Waals surface area contributed by atoms with Crippen molar-refractivity contribution in [2.75, 3.05) is 13.2 Å². The fourth-order valence-corrected chi connectivity index (χ4v) is 2.85. The Balaban J connectivity index is 1.75. The SMILES string of the molecule is CCN(C(=O)c1cccc(F)c1-n1nccn1)C(C)COc1ncc(C(F)(F)F)cn1. The third-order valence-electron chi connectivity index (χ3n) is 4.38. The third kappa shape index (κ3) is 4.95. The minimum atomic E-state index is -4.55. The number of hydrogen-bond acceptors (Lipinski definition) is 6. The lowest BCUT2D eigenvalue weighted by Crippen LogP contribution is -2.42. The molecule has 0 aliphatic rings. The van der Waals surface area contributed by atoms with E-state index < -0.39 is 29.5 Å². The molecule has 0 aliphatic carbocycles. The molecule has 3 aromatic rings. The number of carbonyl (C=O) groups is 1. The largest absolute Gasteiger partial charge is 0.461 e. The van der Waals surface area contributed by atoms with Gasteiger partial charge in [0.25, 0.3) is 5.91 Å². The second-order valence-electron chi connectivity index (χ2n) is 6.46. The summed E-state index contributed by atoms with van der Waals surface area (Å²) in [6.07, 6.45) is -0.599. The Bertz CT molecular complexity index is 1020. The summed E-state index contributed by atoms with van der Waals surface area (Å²) >= 11 is 0. The van der Waals surface area contributed by atoms with Crippen LogP contribution in [-0.4, -0.2) is 55.0 Å². The Morgan fingerprint density at radius 3 is 2.42 bits per heavy atom. The van der Waals surface area contributed by atoms with Crippen molar-refractivity contribution in [1.29, 1.82) is 0 Å². The van der Waals surface area contributed by atoms with Gasteiger partial charge in [0.05, 0.1) is 29.6 Å². The fourth-order valence-electron chi connectivity index (χ4n) is 2.85. The third-order valence-corrected chi connectivity index (χ3v) is 4.38. The summed E-state index contributed by atoms with van der Waals surface area (Å²) < 4.78 is 57.6. The van der Waals surface area contributed by atoms with E-state index in [-0.39, 0.29) is 30.4 Å². The number of para-hydroxylation sites is 1. The van der Waals surface area contributed by atoms with Crippen LogP contribution in [0, 0.1) is 5.82 Å². The number of carbonyl (C=O) groups excluding carboxylic acids is 1. The predicted molar refractivity (Wildman–Crippen MR) is 100 cm³/mol. The van der Waals surface area contributed by atoms with Crippen LogP contribution < -0.4 is 4.74 Å². The van der Waals surface area contributed by atoms with Crippen LogP contribution in [0.1, 0.15) is 29.8 Å². The molecule has 31 heavy (non-hydrogen) atoms. The van der Waals surface area contributed by atoms with Gasteiger partial charge in [-0.15, -0.1) is 4.80 Å². The van der Waals surface area contributed by atoms with Gasteiger partial charge in [-0.25, -0.2) is 14.4 Å². The molecule has 0 radical (unpaired) electrons. The molecule has 1 amide bonds. The second-order valence-corrected chi connectivity index (χ2v) is 6.46. The highest BCUT2D eigenvalue weighted by Crippen LogP contribution is 2.28. The van der Waals surface area contributed by atoms with Crippen molar-refractivity contribution in [3.8, 4) is 11.7 Å². The Labute approximate surface area is 174 Å². The standard InChI is InChI=1S/C19H18F4N6O2/c1-3-28(12(2)11-31-18-24-9-13(10-25-18)19(21,22)23)17(30)14-5-4-6-15(20)16(14)29-26-7-8-27-29/h4-10,12H,3,11H2,1-2H3. The van der Waals surface area contributed by atoms with E-state index in [1.165, 1.54) is 35.5 Å². The number of rotatable bonds is 7. The molecule has 3 rings (SSSR count). The molecule has 0 aliphatic heterocycles. The van der Waals surface area contributed by atoms with Crippen LogP contribution in [0.15, 0.2) is 43.0 Å². The summed E-state index contributed by atoms with van der Waals surface area (Å²) in [5.41, 5.74) is -1.03. The number of alkyl halides is 3. The van der Waals surface area contributed by atoms with Crippen molar-refractivity contribution >= 4 is 5.91 Å². The number of likely N-dealkylation sites (N-methyl/N-ethyl adjacent to an activating group) is 1. The zero-order chi connectivity index (χ0) is 22.6. The smallest absolute Gasteiger partial charge is 0.419 e. The lowest BCUT2D eigenvalue weighted by molar-refractivity contribution is -0.138. The number of aromatic nitrogens is 5. The molecule has 12 heteroatoms. The maximum atomic E-state index is 14.4. The van der Waals surface area contributed by atoms with E-state index in [1.54, 1.807) is 13.8 Å². The Morgan fingerprint density at radius 1 is 1.19 bits per heavy atom. The summed E-state index contributed by atoms with van der Waals surface area (Å²) in [5.74, 6) is -1.15. The maximum Gasteiger partial charge on any atom is 0.419 e. The van der Waals surface area contributed by atoms with Crippen LogP contribution in [-0.2, 0) is 6.18 Å². The van der Waals surface area contributed by atoms with Crippen LogP contribution in [0.25, 0.3) is 5.69 Å².